The van der Waals surface area contributed by atoms with Gasteiger partial charge in [-0.2, -0.15) is 0 Å². The number of aromatic nitrogens is 2. The zero-order valence-electron chi connectivity index (χ0n) is 11.4. The van der Waals surface area contributed by atoms with E-state index in [4.69, 9.17) is 4.74 Å². The lowest BCUT2D eigenvalue weighted by Gasteiger charge is -2.04. The number of aromatic hydroxyl groups is 1. The molecule has 3 rings (SSSR count). The average molecular weight is 285 g/mol. The van der Waals surface area contributed by atoms with Crippen LogP contribution in [-0.4, -0.2) is 33.9 Å². The topological polar surface area (TPSA) is 102 Å². The third kappa shape index (κ3) is 2.85. The van der Waals surface area contributed by atoms with E-state index in [2.05, 4.69) is 15.0 Å². The van der Waals surface area contributed by atoms with Crippen LogP contribution < -0.4 is 4.74 Å². The van der Waals surface area contributed by atoms with Gasteiger partial charge in [-0.1, -0.05) is 18.2 Å². The lowest BCUT2D eigenvalue weighted by Crippen LogP contribution is -1.88. The molecule has 2 aromatic carbocycles. The predicted octanol–water partition coefficient (Wildman–Crippen LogP) is 2.20. The number of rotatable bonds is 3. The van der Waals surface area contributed by atoms with Crippen LogP contribution in [-0.2, 0) is 0 Å². The largest absolute Gasteiger partial charge is 0.504 e. The number of fused-ring (bicyclic) bond motifs is 1. The molecule has 108 valence electrons. The van der Waals surface area contributed by atoms with Gasteiger partial charge in [0, 0.05) is 11.8 Å². The molecule has 1 aromatic heterocycles. The summed E-state index contributed by atoms with van der Waals surface area (Å²) in [6, 6.07) is 12.9. The molecule has 0 unspecified atom stereocenters. The first-order chi connectivity index (χ1) is 9.78. The molecule has 0 amide bonds. The number of methoxy groups -OCH3 is 1. The Morgan fingerprint density at radius 3 is 2.76 bits per heavy atom. The molecule has 0 bridgehead atoms. The van der Waals surface area contributed by atoms with Crippen molar-refractivity contribution >= 4 is 23.2 Å². The van der Waals surface area contributed by atoms with Gasteiger partial charge in [0.05, 0.1) is 18.1 Å². The van der Waals surface area contributed by atoms with Crippen molar-refractivity contribution in [3.8, 4) is 11.5 Å². The van der Waals surface area contributed by atoms with Crippen LogP contribution in [0, 0.1) is 0 Å². The highest BCUT2D eigenvalue weighted by Gasteiger charge is 2.05. The first-order valence-electron chi connectivity index (χ1n) is 6.13. The number of aliphatic imine (C=N–C) groups is 1. The van der Waals surface area contributed by atoms with Crippen LogP contribution in [0.25, 0.3) is 11.0 Å². The average Bonchev–Trinajstić information content (AvgIpc) is 2.89. The smallest absolute Gasteiger partial charge is 0.227 e. The molecule has 0 saturated carbocycles. The highest BCUT2D eigenvalue weighted by atomic mass is 16.5. The number of phenols is 1. The maximum atomic E-state index is 9.96. The van der Waals surface area contributed by atoms with Crippen LogP contribution in [0.3, 0.4) is 0 Å². The standard InChI is InChI=1S/C15H13N3O2.H2O/c1-20-13-8-4-5-10(14(13)19)9-16-15-17-11-6-2-3-7-12(11)18-15;/h2-9,19H,1H3,(H,17,18);1H2/b16-9+;. The third-order valence-electron chi connectivity index (χ3n) is 2.95. The first kappa shape index (κ1) is 14.5. The number of aromatic amines is 1. The monoisotopic (exact) mass is 285 g/mol. The zero-order chi connectivity index (χ0) is 13.9. The van der Waals surface area contributed by atoms with Gasteiger partial charge >= 0.3 is 0 Å². The van der Waals surface area contributed by atoms with Crippen LogP contribution in [0.4, 0.5) is 5.95 Å². The second-order valence-corrected chi connectivity index (χ2v) is 4.23. The molecule has 0 saturated heterocycles. The Kier molecular flexibility index (Phi) is 4.20. The maximum Gasteiger partial charge on any atom is 0.227 e. The van der Waals surface area contributed by atoms with Gasteiger partial charge in [0.25, 0.3) is 0 Å². The van der Waals surface area contributed by atoms with Gasteiger partial charge in [-0.25, -0.2) is 9.98 Å². The van der Waals surface area contributed by atoms with E-state index in [0.717, 1.165) is 11.0 Å². The number of ether oxygens (including phenoxy) is 1. The second-order valence-electron chi connectivity index (χ2n) is 4.23. The van der Waals surface area contributed by atoms with E-state index >= 15 is 0 Å². The van der Waals surface area contributed by atoms with E-state index in [9.17, 15) is 5.11 Å². The fourth-order valence-corrected chi connectivity index (χ4v) is 1.94. The van der Waals surface area contributed by atoms with Crippen molar-refractivity contribution in [1.82, 2.24) is 9.97 Å². The summed E-state index contributed by atoms with van der Waals surface area (Å²) in [5, 5.41) is 9.96. The summed E-state index contributed by atoms with van der Waals surface area (Å²) < 4.78 is 5.05. The molecule has 0 radical (unpaired) electrons. The Bertz CT molecular complexity index is 748. The molecule has 0 aliphatic carbocycles. The zero-order valence-corrected chi connectivity index (χ0v) is 11.4. The van der Waals surface area contributed by atoms with E-state index in [0.29, 0.717) is 17.3 Å². The number of hydrogen-bond acceptors (Lipinski definition) is 4. The number of nitrogens with one attached hydrogen (secondary N) is 1. The summed E-state index contributed by atoms with van der Waals surface area (Å²) in [6.45, 7) is 0. The van der Waals surface area contributed by atoms with Gasteiger partial charge in [0.1, 0.15) is 0 Å². The molecular weight excluding hydrogens is 270 g/mol. The normalized spacial score (nSPS) is 10.7. The Morgan fingerprint density at radius 2 is 2.00 bits per heavy atom. The number of hydrogen-bond donors (Lipinski definition) is 2. The van der Waals surface area contributed by atoms with Crippen molar-refractivity contribution in [3.05, 3.63) is 48.0 Å². The molecular formula is C15H15N3O3. The van der Waals surface area contributed by atoms with Crippen molar-refractivity contribution in [2.75, 3.05) is 7.11 Å². The number of para-hydroxylation sites is 3. The lowest BCUT2D eigenvalue weighted by molar-refractivity contribution is 0.373. The molecule has 4 N–H and O–H groups in total. The van der Waals surface area contributed by atoms with Crippen molar-refractivity contribution < 1.29 is 15.3 Å². The number of phenolic OH excluding ortho intramolecular Hbond substituents is 1. The van der Waals surface area contributed by atoms with Gasteiger partial charge in [-0.3, -0.25) is 0 Å². The maximum absolute atomic E-state index is 9.96. The van der Waals surface area contributed by atoms with Crippen LogP contribution in [0.1, 0.15) is 5.56 Å². The Hall–Kier alpha value is -2.86. The highest BCUT2D eigenvalue weighted by Crippen LogP contribution is 2.28. The molecule has 6 nitrogen and oxygen atoms in total. The summed E-state index contributed by atoms with van der Waals surface area (Å²) >= 11 is 0. The van der Waals surface area contributed by atoms with Crippen molar-refractivity contribution in [3.63, 3.8) is 0 Å². The van der Waals surface area contributed by atoms with Crippen molar-refractivity contribution in [1.29, 1.82) is 0 Å². The van der Waals surface area contributed by atoms with Crippen LogP contribution >= 0.6 is 0 Å². The molecule has 21 heavy (non-hydrogen) atoms. The number of H-pyrrole nitrogens is 1. The molecule has 0 aliphatic heterocycles. The minimum Gasteiger partial charge on any atom is -0.504 e. The van der Waals surface area contributed by atoms with Crippen LogP contribution in [0.15, 0.2) is 47.5 Å². The number of nitrogens with zero attached hydrogens (tertiary/aromatic N) is 2. The molecule has 0 spiro atoms. The van der Waals surface area contributed by atoms with Gasteiger partial charge < -0.3 is 20.3 Å². The Morgan fingerprint density at radius 1 is 1.19 bits per heavy atom. The van der Waals surface area contributed by atoms with E-state index in [1.54, 1.807) is 24.4 Å². The minimum absolute atomic E-state index is 0. The summed E-state index contributed by atoms with van der Waals surface area (Å²) in [5.74, 6) is 0.974. The quantitative estimate of drug-likeness (QED) is 0.721. The molecule has 0 atom stereocenters. The fraction of sp³-hybridized carbons (Fsp3) is 0.0667. The molecule has 6 heteroatoms. The van der Waals surface area contributed by atoms with Gasteiger partial charge in [0.2, 0.25) is 5.95 Å². The van der Waals surface area contributed by atoms with Crippen molar-refractivity contribution in [2.24, 2.45) is 4.99 Å². The minimum atomic E-state index is 0. The summed E-state index contributed by atoms with van der Waals surface area (Å²) in [5.41, 5.74) is 2.36. The summed E-state index contributed by atoms with van der Waals surface area (Å²) in [7, 11) is 1.51. The third-order valence-corrected chi connectivity index (χ3v) is 2.95. The number of imidazole rings is 1. The lowest BCUT2D eigenvalue weighted by atomic mass is 10.2. The van der Waals surface area contributed by atoms with Crippen LogP contribution in [0.2, 0.25) is 0 Å². The van der Waals surface area contributed by atoms with Gasteiger partial charge in [-0.15, -0.1) is 0 Å². The van der Waals surface area contributed by atoms with E-state index in [-0.39, 0.29) is 11.2 Å². The molecule has 0 fully saturated rings. The molecule has 0 aliphatic rings. The second kappa shape index (κ2) is 6.06. The Balaban J connectivity index is 0.00000161. The number of benzene rings is 2. The highest BCUT2D eigenvalue weighted by molar-refractivity contribution is 5.87. The predicted molar refractivity (Wildman–Crippen MR) is 81.6 cm³/mol. The SMILES string of the molecule is COc1cccc(/C=N/c2nc3ccccc3[nH]2)c1O.O. The van der Waals surface area contributed by atoms with E-state index < -0.39 is 0 Å². The first-order valence-corrected chi connectivity index (χ1v) is 6.13. The Labute approximate surface area is 121 Å². The van der Waals surface area contributed by atoms with Crippen LogP contribution in [0.5, 0.6) is 11.5 Å². The summed E-state index contributed by atoms with van der Waals surface area (Å²) in [4.78, 5) is 11.7. The van der Waals surface area contributed by atoms with Crippen molar-refractivity contribution in [2.45, 2.75) is 0 Å². The van der Waals surface area contributed by atoms with E-state index in [1.807, 2.05) is 24.3 Å². The van der Waals surface area contributed by atoms with Gasteiger partial charge in [-0.05, 0) is 24.3 Å². The molecule has 3 aromatic rings. The van der Waals surface area contributed by atoms with Gasteiger partial charge in [0.15, 0.2) is 11.5 Å². The fourth-order valence-electron chi connectivity index (χ4n) is 1.94. The summed E-state index contributed by atoms with van der Waals surface area (Å²) in [6.07, 6.45) is 1.55. The molecule has 1 heterocycles. The van der Waals surface area contributed by atoms with E-state index in [1.165, 1.54) is 7.11 Å².